The van der Waals surface area contributed by atoms with E-state index in [0.717, 1.165) is 12.1 Å². The predicted molar refractivity (Wildman–Crippen MR) is 74.2 cm³/mol. The van der Waals surface area contributed by atoms with Crippen molar-refractivity contribution in [2.45, 2.75) is 32.3 Å². The number of ether oxygens (including phenoxy) is 4. The first kappa shape index (κ1) is 13.9. The van der Waals surface area contributed by atoms with Gasteiger partial charge in [0.2, 0.25) is 6.79 Å². The van der Waals surface area contributed by atoms with E-state index < -0.39 is 5.79 Å². The first-order chi connectivity index (χ1) is 9.53. The van der Waals surface area contributed by atoms with E-state index in [1.807, 2.05) is 26.0 Å². The Kier molecular flexibility index (Phi) is 3.77. The molecule has 1 aromatic carbocycles. The van der Waals surface area contributed by atoms with Gasteiger partial charge in [0.05, 0.1) is 17.7 Å². The zero-order valence-corrected chi connectivity index (χ0v) is 12.3. The summed E-state index contributed by atoms with van der Waals surface area (Å²) in [4.78, 5) is 0. The maximum Gasteiger partial charge on any atom is 0.231 e. The van der Waals surface area contributed by atoms with Crippen LogP contribution in [0, 0.1) is 0 Å². The quantitative estimate of drug-likeness (QED) is 0.924. The molecule has 1 fully saturated rings. The second-order valence-corrected chi connectivity index (χ2v) is 5.80. The molecular formula is C14H18ClNO4. The van der Waals surface area contributed by atoms with E-state index in [1.165, 1.54) is 0 Å². The highest BCUT2D eigenvalue weighted by molar-refractivity contribution is 6.32. The average Bonchev–Trinajstić information content (AvgIpc) is 2.96. The number of hydrogen-bond donors (Lipinski definition) is 1. The lowest BCUT2D eigenvalue weighted by atomic mass is 10.2. The van der Waals surface area contributed by atoms with Crippen LogP contribution in [0.2, 0.25) is 5.02 Å². The summed E-state index contributed by atoms with van der Waals surface area (Å²) >= 11 is 6.14. The van der Waals surface area contributed by atoms with Crippen molar-refractivity contribution in [1.29, 1.82) is 0 Å². The molecule has 1 N–H and O–H groups in total. The SMILES string of the molecule is CC1(C)OCC(CNCc2cc(Cl)c3c(c2)OCO3)O1. The van der Waals surface area contributed by atoms with Gasteiger partial charge in [-0.05, 0) is 31.5 Å². The summed E-state index contributed by atoms with van der Waals surface area (Å²) in [6, 6.07) is 3.83. The topological polar surface area (TPSA) is 49.0 Å². The minimum absolute atomic E-state index is 0.0782. The number of fused-ring (bicyclic) bond motifs is 1. The van der Waals surface area contributed by atoms with Crippen molar-refractivity contribution in [2.24, 2.45) is 0 Å². The Bertz CT molecular complexity index is 506. The summed E-state index contributed by atoms with van der Waals surface area (Å²) in [5.74, 6) is 0.856. The minimum Gasteiger partial charge on any atom is -0.454 e. The lowest BCUT2D eigenvalue weighted by Gasteiger charge is -2.17. The number of benzene rings is 1. The van der Waals surface area contributed by atoms with Crippen molar-refractivity contribution >= 4 is 11.6 Å². The number of halogens is 1. The fourth-order valence-corrected chi connectivity index (χ4v) is 2.65. The van der Waals surface area contributed by atoms with Crippen LogP contribution in [0.4, 0.5) is 0 Å². The molecule has 1 saturated heterocycles. The van der Waals surface area contributed by atoms with E-state index in [4.69, 9.17) is 30.5 Å². The van der Waals surface area contributed by atoms with Crippen LogP contribution >= 0.6 is 11.6 Å². The number of hydrogen-bond acceptors (Lipinski definition) is 5. The molecule has 110 valence electrons. The van der Waals surface area contributed by atoms with Gasteiger partial charge in [-0.2, -0.15) is 0 Å². The van der Waals surface area contributed by atoms with Crippen LogP contribution in [0.15, 0.2) is 12.1 Å². The molecule has 6 heteroatoms. The highest BCUT2D eigenvalue weighted by atomic mass is 35.5. The summed E-state index contributed by atoms with van der Waals surface area (Å²) < 4.78 is 21.9. The van der Waals surface area contributed by atoms with Crippen molar-refractivity contribution < 1.29 is 18.9 Å². The third-order valence-corrected chi connectivity index (χ3v) is 3.54. The van der Waals surface area contributed by atoms with Crippen LogP contribution in [0.25, 0.3) is 0 Å². The lowest BCUT2D eigenvalue weighted by molar-refractivity contribution is -0.137. The first-order valence-electron chi connectivity index (χ1n) is 6.64. The Balaban J connectivity index is 1.53. The molecule has 0 bridgehead atoms. The van der Waals surface area contributed by atoms with E-state index in [2.05, 4.69) is 5.32 Å². The van der Waals surface area contributed by atoms with Crippen LogP contribution in [0.3, 0.4) is 0 Å². The van der Waals surface area contributed by atoms with Crippen LogP contribution in [0.1, 0.15) is 19.4 Å². The smallest absolute Gasteiger partial charge is 0.231 e. The van der Waals surface area contributed by atoms with Gasteiger partial charge < -0.3 is 24.3 Å². The zero-order valence-electron chi connectivity index (χ0n) is 11.6. The molecule has 1 unspecified atom stereocenters. The summed E-state index contributed by atoms with van der Waals surface area (Å²) in [5.41, 5.74) is 1.05. The maximum absolute atomic E-state index is 6.14. The molecular weight excluding hydrogens is 282 g/mol. The summed E-state index contributed by atoms with van der Waals surface area (Å²) in [7, 11) is 0. The second-order valence-electron chi connectivity index (χ2n) is 5.39. The number of nitrogens with one attached hydrogen (secondary N) is 1. The minimum atomic E-state index is -0.478. The molecule has 1 atom stereocenters. The van der Waals surface area contributed by atoms with E-state index >= 15 is 0 Å². The summed E-state index contributed by atoms with van der Waals surface area (Å²) in [6.07, 6.45) is 0.0782. The van der Waals surface area contributed by atoms with E-state index in [1.54, 1.807) is 0 Å². The summed E-state index contributed by atoms with van der Waals surface area (Å²) in [6.45, 7) is 6.11. The fraction of sp³-hybridized carbons (Fsp3) is 0.571. The molecule has 0 saturated carbocycles. The van der Waals surface area contributed by atoms with Gasteiger partial charge in [-0.1, -0.05) is 11.6 Å². The molecule has 0 spiro atoms. The standard InChI is InChI=1S/C14H18ClNO4/c1-14(2)19-7-10(20-14)6-16-5-9-3-11(15)13-12(4-9)17-8-18-13/h3-4,10,16H,5-8H2,1-2H3. The molecule has 0 aliphatic carbocycles. The average molecular weight is 300 g/mol. The Hall–Kier alpha value is -1.01. The van der Waals surface area contributed by atoms with Crippen molar-refractivity contribution in [3.05, 3.63) is 22.7 Å². The molecule has 2 aliphatic rings. The van der Waals surface area contributed by atoms with Gasteiger partial charge in [0, 0.05) is 13.1 Å². The molecule has 0 amide bonds. The van der Waals surface area contributed by atoms with Crippen molar-refractivity contribution in [3.63, 3.8) is 0 Å². The Labute approximate surface area is 123 Å². The predicted octanol–water partition coefficient (Wildman–Crippen LogP) is 2.31. The third-order valence-electron chi connectivity index (χ3n) is 3.26. The monoisotopic (exact) mass is 299 g/mol. The van der Waals surface area contributed by atoms with Crippen molar-refractivity contribution in [3.8, 4) is 11.5 Å². The highest BCUT2D eigenvalue weighted by Crippen LogP contribution is 2.39. The fourth-order valence-electron chi connectivity index (χ4n) is 2.36. The van der Waals surface area contributed by atoms with Crippen molar-refractivity contribution in [2.75, 3.05) is 19.9 Å². The van der Waals surface area contributed by atoms with E-state index in [-0.39, 0.29) is 12.9 Å². The Morgan fingerprint density at radius 3 is 2.95 bits per heavy atom. The van der Waals surface area contributed by atoms with E-state index in [9.17, 15) is 0 Å². The maximum atomic E-state index is 6.14. The molecule has 5 nitrogen and oxygen atoms in total. The molecule has 20 heavy (non-hydrogen) atoms. The second kappa shape index (κ2) is 5.41. The van der Waals surface area contributed by atoms with E-state index in [0.29, 0.717) is 29.7 Å². The van der Waals surface area contributed by atoms with Gasteiger partial charge in [0.15, 0.2) is 17.3 Å². The first-order valence-corrected chi connectivity index (χ1v) is 7.02. The van der Waals surface area contributed by atoms with Crippen LogP contribution in [0.5, 0.6) is 11.5 Å². The van der Waals surface area contributed by atoms with Gasteiger partial charge >= 0.3 is 0 Å². The molecule has 2 heterocycles. The number of rotatable bonds is 4. The Morgan fingerprint density at radius 2 is 2.20 bits per heavy atom. The highest BCUT2D eigenvalue weighted by Gasteiger charge is 2.32. The molecule has 1 aromatic rings. The normalized spacial score (nSPS) is 23.2. The molecule has 0 aromatic heterocycles. The van der Waals surface area contributed by atoms with Gasteiger partial charge in [0.25, 0.3) is 0 Å². The molecule has 0 radical (unpaired) electrons. The van der Waals surface area contributed by atoms with Crippen LogP contribution in [-0.4, -0.2) is 31.8 Å². The van der Waals surface area contributed by atoms with Crippen LogP contribution < -0.4 is 14.8 Å². The Morgan fingerprint density at radius 1 is 1.35 bits per heavy atom. The molecule has 3 rings (SSSR count). The summed E-state index contributed by atoms with van der Waals surface area (Å²) in [5, 5.41) is 3.92. The van der Waals surface area contributed by atoms with Crippen molar-refractivity contribution in [1.82, 2.24) is 5.32 Å². The van der Waals surface area contributed by atoms with Gasteiger partial charge in [-0.15, -0.1) is 0 Å². The van der Waals surface area contributed by atoms with Gasteiger partial charge in [-0.3, -0.25) is 0 Å². The largest absolute Gasteiger partial charge is 0.454 e. The third kappa shape index (κ3) is 3.01. The zero-order chi connectivity index (χ0) is 14.2. The van der Waals surface area contributed by atoms with Gasteiger partial charge in [-0.25, -0.2) is 0 Å². The van der Waals surface area contributed by atoms with Gasteiger partial charge in [0.1, 0.15) is 0 Å². The van der Waals surface area contributed by atoms with Crippen LogP contribution in [-0.2, 0) is 16.0 Å². The molecule has 2 aliphatic heterocycles. The lowest BCUT2D eigenvalue weighted by Crippen LogP contribution is -2.30.